The quantitative estimate of drug-likeness (QED) is 0.698. The Morgan fingerprint density at radius 3 is 2.57 bits per heavy atom. The summed E-state index contributed by atoms with van der Waals surface area (Å²) in [6.07, 6.45) is 0. The van der Waals surface area contributed by atoms with E-state index in [2.05, 4.69) is 0 Å². The fourth-order valence-electron chi connectivity index (χ4n) is 1.15. The Labute approximate surface area is 84.1 Å². The van der Waals surface area contributed by atoms with Gasteiger partial charge in [0.25, 0.3) is 0 Å². The van der Waals surface area contributed by atoms with Gasteiger partial charge in [0, 0.05) is 0 Å². The smallest absolute Gasteiger partial charge is 0.341 e. The Morgan fingerprint density at radius 1 is 1.50 bits per heavy atom. The van der Waals surface area contributed by atoms with E-state index in [1.807, 2.05) is 20.8 Å². The molecule has 0 fully saturated rings. The van der Waals surface area contributed by atoms with Gasteiger partial charge in [-0.1, -0.05) is 13.8 Å². The lowest BCUT2D eigenvalue weighted by molar-refractivity contribution is 0.0457. The normalized spacial score (nSPS) is 10.6. The Kier molecular flexibility index (Phi) is 3.33. The van der Waals surface area contributed by atoms with Crippen LogP contribution in [0, 0.1) is 19.8 Å². The van der Waals surface area contributed by atoms with Gasteiger partial charge < -0.3 is 9.15 Å². The van der Waals surface area contributed by atoms with Crippen molar-refractivity contribution < 1.29 is 13.9 Å². The van der Waals surface area contributed by atoms with Crippen molar-refractivity contribution in [3.63, 3.8) is 0 Å². The fourth-order valence-corrected chi connectivity index (χ4v) is 1.15. The Balaban J connectivity index is 2.65. The predicted molar refractivity (Wildman–Crippen MR) is 53.3 cm³/mol. The van der Waals surface area contributed by atoms with Crippen LogP contribution in [0.5, 0.6) is 0 Å². The Hall–Kier alpha value is -1.25. The summed E-state index contributed by atoms with van der Waals surface area (Å²) in [4.78, 5) is 11.5. The van der Waals surface area contributed by atoms with Crippen molar-refractivity contribution in [2.45, 2.75) is 27.7 Å². The van der Waals surface area contributed by atoms with Crippen LogP contribution in [0.25, 0.3) is 0 Å². The molecule has 0 saturated heterocycles. The molecule has 0 N–H and O–H groups in total. The summed E-state index contributed by atoms with van der Waals surface area (Å²) in [7, 11) is 0. The molecular weight excluding hydrogens is 180 g/mol. The summed E-state index contributed by atoms with van der Waals surface area (Å²) < 4.78 is 10.3. The molecule has 3 heteroatoms. The van der Waals surface area contributed by atoms with Crippen LogP contribution >= 0.6 is 0 Å². The first kappa shape index (κ1) is 10.8. The summed E-state index contributed by atoms with van der Waals surface area (Å²) >= 11 is 0. The summed E-state index contributed by atoms with van der Waals surface area (Å²) in [5, 5.41) is 0. The van der Waals surface area contributed by atoms with Gasteiger partial charge in [-0.25, -0.2) is 4.79 Å². The molecule has 0 radical (unpaired) electrons. The molecule has 0 aromatic carbocycles. The molecule has 0 spiro atoms. The molecule has 0 amide bonds. The third kappa shape index (κ3) is 2.62. The number of ether oxygens (including phenoxy) is 1. The van der Waals surface area contributed by atoms with Crippen molar-refractivity contribution in [1.82, 2.24) is 0 Å². The highest BCUT2D eigenvalue weighted by Gasteiger charge is 2.14. The lowest BCUT2D eigenvalue weighted by atomic mass is 10.2. The van der Waals surface area contributed by atoms with Crippen molar-refractivity contribution in [3.8, 4) is 0 Å². The highest BCUT2D eigenvalue weighted by Crippen LogP contribution is 2.14. The molecule has 1 aromatic rings. The first-order chi connectivity index (χ1) is 6.50. The highest BCUT2D eigenvalue weighted by atomic mass is 16.5. The van der Waals surface area contributed by atoms with Crippen LogP contribution in [0.4, 0.5) is 0 Å². The van der Waals surface area contributed by atoms with Gasteiger partial charge in [-0.3, -0.25) is 0 Å². The molecule has 0 bridgehead atoms. The molecule has 1 heterocycles. The van der Waals surface area contributed by atoms with Gasteiger partial charge in [-0.15, -0.1) is 0 Å². The lowest BCUT2D eigenvalue weighted by Crippen LogP contribution is -2.10. The average Bonchev–Trinajstić information content (AvgIpc) is 2.41. The van der Waals surface area contributed by atoms with Crippen molar-refractivity contribution in [2.24, 2.45) is 5.92 Å². The maximum atomic E-state index is 11.5. The van der Waals surface area contributed by atoms with E-state index in [-0.39, 0.29) is 5.97 Å². The maximum absolute atomic E-state index is 11.5. The van der Waals surface area contributed by atoms with E-state index in [1.54, 1.807) is 13.0 Å². The average molecular weight is 196 g/mol. The number of rotatable bonds is 3. The summed E-state index contributed by atoms with van der Waals surface area (Å²) in [6.45, 7) is 8.02. The second kappa shape index (κ2) is 4.31. The van der Waals surface area contributed by atoms with Crippen LogP contribution < -0.4 is 0 Å². The molecule has 0 atom stereocenters. The van der Waals surface area contributed by atoms with Gasteiger partial charge in [-0.05, 0) is 25.8 Å². The first-order valence-corrected chi connectivity index (χ1v) is 4.75. The van der Waals surface area contributed by atoms with E-state index in [0.29, 0.717) is 23.8 Å². The third-order valence-electron chi connectivity index (χ3n) is 1.81. The number of aryl methyl sites for hydroxylation is 2. The molecule has 0 saturated carbocycles. The zero-order valence-corrected chi connectivity index (χ0v) is 9.09. The van der Waals surface area contributed by atoms with Gasteiger partial charge in [-0.2, -0.15) is 0 Å². The zero-order chi connectivity index (χ0) is 10.7. The number of hydrogen-bond donors (Lipinski definition) is 0. The van der Waals surface area contributed by atoms with E-state index in [9.17, 15) is 4.79 Å². The van der Waals surface area contributed by atoms with E-state index < -0.39 is 0 Å². The van der Waals surface area contributed by atoms with Crippen LogP contribution in [0.2, 0.25) is 0 Å². The standard InChI is InChI=1S/C11H16O3/c1-7(2)6-13-11(12)10-5-8(3)14-9(10)4/h5,7H,6H2,1-4H3. The molecule has 0 aliphatic carbocycles. The molecule has 1 aromatic heterocycles. The molecule has 0 aliphatic rings. The van der Waals surface area contributed by atoms with Gasteiger partial charge in [0.15, 0.2) is 0 Å². The summed E-state index contributed by atoms with van der Waals surface area (Å²) in [5.41, 5.74) is 0.531. The zero-order valence-electron chi connectivity index (χ0n) is 9.09. The largest absolute Gasteiger partial charge is 0.466 e. The molecule has 0 unspecified atom stereocenters. The SMILES string of the molecule is Cc1cc(C(=O)OCC(C)C)c(C)o1. The number of carbonyl (C=O) groups excluding carboxylic acids is 1. The number of carbonyl (C=O) groups is 1. The molecule has 78 valence electrons. The predicted octanol–water partition coefficient (Wildman–Crippen LogP) is 2.71. The van der Waals surface area contributed by atoms with Crippen molar-refractivity contribution >= 4 is 5.97 Å². The van der Waals surface area contributed by atoms with Gasteiger partial charge in [0.2, 0.25) is 0 Å². The molecule has 0 aliphatic heterocycles. The van der Waals surface area contributed by atoms with E-state index >= 15 is 0 Å². The van der Waals surface area contributed by atoms with E-state index in [1.165, 1.54) is 0 Å². The molecule has 14 heavy (non-hydrogen) atoms. The minimum atomic E-state index is -0.298. The van der Waals surface area contributed by atoms with Crippen LogP contribution in [0.1, 0.15) is 35.7 Å². The number of esters is 1. The van der Waals surface area contributed by atoms with Crippen LogP contribution in [0.15, 0.2) is 10.5 Å². The lowest BCUT2D eigenvalue weighted by Gasteiger charge is -2.05. The topological polar surface area (TPSA) is 39.4 Å². The number of furan rings is 1. The van der Waals surface area contributed by atoms with E-state index in [0.717, 1.165) is 5.76 Å². The minimum absolute atomic E-state index is 0.298. The number of hydrogen-bond acceptors (Lipinski definition) is 3. The van der Waals surface area contributed by atoms with Gasteiger partial charge in [0.1, 0.15) is 17.1 Å². The second-order valence-electron chi connectivity index (χ2n) is 3.82. The monoisotopic (exact) mass is 196 g/mol. The minimum Gasteiger partial charge on any atom is -0.466 e. The van der Waals surface area contributed by atoms with Gasteiger partial charge >= 0.3 is 5.97 Å². The van der Waals surface area contributed by atoms with E-state index in [4.69, 9.17) is 9.15 Å². The van der Waals surface area contributed by atoms with Crippen molar-refractivity contribution in [3.05, 3.63) is 23.2 Å². The Bertz CT molecular complexity index is 323. The molecule has 1 rings (SSSR count). The van der Waals surface area contributed by atoms with Gasteiger partial charge in [0.05, 0.1) is 6.61 Å². The molecular formula is C11H16O3. The summed E-state index contributed by atoms with van der Waals surface area (Å²) in [6, 6.07) is 1.71. The molecule has 3 nitrogen and oxygen atoms in total. The second-order valence-corrected chi connectivity index (χ2v) is 3.82. The Morgan fingerprint density at radius 2 is 2.14 bits per heavy atom. The van der Waals surface area contributed by atoms with Crippen LogP contribution in [0.3, 0.4) is 0 Å². The van der Waals surface area contributed by atoms with Crippen molar-refractivity contribution in [1.29, 1.82) is 0 Å². The third-order valence-corrected chi connectivity index (χ3v) is 1.81. The van der Waals surface area contributed by atoms with Crippen LogP contribution in [-0.4, -0.2) is 12.6 Å². The highest BCUT2D eigenvalue weighted by molar-refractivity contribution is 5.90. The summed E-state index contributed by atoms with van der Waals surface area (Å²) in [5.74, 6) is 1.41. The first-order valence-electron chi connectivity index (χ1n) is 4.75. The van der Waals surface area contributed by atoms with Crippen LogP contribution in [-0.2, 0) is 4.74 Å². The maximum Gasteiger partial charge on any atom is 0.341 e. The fraction of sp³-hybridized carbons (Fsp3) is 0.545. The van der Waals surface area contributed by atoms with Crippen molar-refractivity contribution in [2.75, 3.05) is 6.61 Å².